The van der Waals surface area contributed by atoms with Gasteiger partial charge in [0.1, 0.15) is 17.3 Å². The summed E-state index contributed by atoms with van der Waals surface area (Å²) in [6, 6.07) is 12.0. The molecule has 0 unspecified atom stereocenters. The van der Waals surface area contributed by atoms with E-state index in [9.17, 15) is 0 Å². The third kappa shape index (κ3) is 3.58. The summed E-state index contributed by atoms with van der Waals surface area (Å²) < 4.78 is 6.78. The molecule has 2 nitrogen and oxygen atoms in total. The standard InChI is InChI=1S/C16H16BrNOS/c1-10-3-4-12(7-11(10)2)9-19-15-6-5-13(17)8-14(15)16(18)20/h3-8H,9H2,1-2H3,(H2,18,20). The molecule has 20 heavy (non-hydrogen) atoms. The van der Waals surface area contributed by atoms with Crippen molar-refractivity contribution in [3.8, 4) is 5.75 Å². The lowest BCUT2D eigenvalue weighted by Gasteiger charge is -2.12. The van der Waals surface area contributed by atoms with Gasteiger partial charge < -0.3 is 10.5 Å². The molecule has 104 valence electrons. The quantitative estimate of drug-likeness (QED) is 0.836. The van der Waals surface area contributed by atoms with Gasteiger partial charge >= 0.3 is 0 Å². The van der Waals surface area contributed by atoms with E-state index in [2.05, 4.69) is 48.0 Å². The Hall–Kier alpha value is -1.39. The predicted molar refractivity (Wildman–Crippen MR) is 90.3 cm³/mol. The van der Waals surface area contributed by atoms with Gasteiger partial charge in [-0.1, -0.05) is 46.3 Å². The minimum atomic E-state index is 0.335. The maximum Gasteiger partial charge on any atom is 0.130 e. The molecule has 4 heteroatoms. The maximum absolute atomic E-state index is 5.85. The van der Waals surface area contributed by atoms with E-state index in [4.69, 9.17) is 22.7 Å². The van der Waals surface area contributed by atoms with Crippen LogP contribution in [0.2, 0.25) is 0 Å². The summed E-state index contributed by atoms with van der Waals surface area (Å²) in [6.45, 7) is 4.69. The fourth-order valence-electron chi connectivity index (χ4n) is 1.88. The summed E-state index contributed by atoms with van der Waals surface area (Å²) in [5.74, 6) is 0.707. The van der Waals surface area contributed by atoms with Crippen molar-refractivity contribution < 1.29 is 4.74 Å². The molecule has 0 radical (unpaired) electrons. The Balaban J connectivity index is 2.18. The minimum Gasteiger partial charge on any atom is -0.488 e. The molecule has 0 amide bonds. The fourth-order valence-corrected chi connectivity index (χ4v) is 2.40. The van der Waals surface area contributed by atoms with Crippen LogP contribution in [-0.4, -0.2) is 4.99 Å². The molecule has 0 bridgehead atoms. The van der Waals surface area contributed by atoms with Gasteiger partial charge in [-0.3, -0.25) is 0 Å². The molecule has 0 aromatic heterocycles. The highest BCUT2D eigenvalue weighted by molar-refractivity contribution is 9.10. The highest BCUT2D eigenvalue weighted by Crippen LogP contribution is 2.24. The molecule has 2 N–H and O–H groups in total. The van der Waals surface area contributed by atoms with Gasteiger partial charge in [-0.2, -0.15) is 0 Å². The van der Waals surface area contributed by atoms with Crippen LogP contribution < -0.4 is 10.5 Å². The van der Waals surface area contributed by atoms with Gasteiger partial charge in [0.15, 0.2) is 0 Å². The smallest absolute Gasteiger partial charge is 0.130 e. The predicted octanol–water partition coefficient (Wildman–Crippen LogP) is 4.28. The summed E-state index contributed by atoms with van der Waals surface area (Å²) >= 11 is 8.46. The van der Waals surface area contributed by atoms with E-state index in [1.165, 1.54) is 11.1 Å². The lowest BCUT2D eigenvalue weighted by atomic mass is 10.1. The van der Waals surface area contributed by atoms with E-state index in [-0.39, 0.29) is 0 Å². The largest absolute Gasteiger partial charge is 0.488 e. The number of ether oxygens (including phenoxy) is 1. The first-order valence-corrected chi connectivity index (χ1v) is 7.46. The Bertz CT molecular complexity index is 655. The summed E-state index contributed by atoms with van der Waals surface area (Å²) in [5.41, 5.74) is 10.1. The van der Waals surface area contributed by atoms with Gasteiger partial charge in [-0.25, -0.2) is 0 Å². The Morgan fingerprint density at radius 1 is 1.15 bits per heavy atom. The van der Waals surface area contributed by atoms with Crippen molar-refractivity contribution >= 4 is 33.1 Å². The molecular weight excluding hydrogens is 334 g/mol. The van der Waals surface area contributed by atoms with Crippen LogP contribution >= 0.6 is 28.1 Å². The van der Waals surface area contributed by atoms with Gasteiger partial charge in [0.25, 0.3) is 0 Å². The van der Waals surface area contributed by atoms with E-state index in [1.807, 2.05) is 18.2 Å². The number of hydrogen-bond acceptors (Lipinski definition) is 2. The Labute approximate surface area is 133 Å². The summed E-state index contributed by atoms with van der Waals surface area (Å²) in [7, 11) is 0. The third-order valence-corrected chi connectivity index (χ3v) is 3.89. The zero-order valence-electron chi connectivity index (χ0n) is 11.4. The van der Waals surface area contributed by atoms with E-state index in [1.54, 1.807) is 0 Å². The van der Waals surface area contributed by atoms with Gasteiger partial charge in [0, 0.05) is 4.47 Å². The molecule has 0 spiro atoms. The Morgan fingerprint density at radius 3 is 2.55 bits per heavy atom. The summed E-state index contributed by atoms with van der Waals surface area (Å²) in [5, 5.41) is 0. The van der Waals surface area contributed by atoms with Crippen molar-refractivity contribution in [2.24, 2.45) is 5.73 Å². The molecule has 0 heterocycles. The molecule has 0 saturated carbocycles. The van der Waals surface area contributed by atoms with Gasteiger partial charge in [0.05, 0.1) is 5.56 Å². The van der Waals surface area contributed by atoms with Crippen molar-refractivity contribution in [3.05, 3.63) is 63.1 Å². The average molecular weight is 350 g/mol. The normalized spacial score (nSPS) is 10.3. The Kier molecular flexibility index (Phi) is 4.78. The number of rotatable bonds is 4. The topological polar surface area (TPSA) is 35.2 Å². The second kappa shape index (κ2) is 6.37. The van der Waals surface area contributed by atoms with E-state index in [0.717, 1.165) is 15.6 Å². The number of nitrogens with two attached hydrogens (primary N) is 1. The van der Waals surface area contributed by atoms with Crippen molar-refractivity contribution in [1.29, 1.82) is 0 Å². The van der Waals surface area contributed by atoms with Gasteiger partial charge in [-0.05, 0) is 48.7 Å². The maximum atomic E-state index is 5.85. The van der Waals surface area contributed by atoms with Gasteiger partial charge in [0.2, 0.25) is 0 Å². The number of aryl methyl sites for hydroxylation is 2. The van der Waals surface area contributed by atoms with Crippen molar-refractivity contribution in [3.63, 3.8) is 0 Å². The van der Waals surface area contributed by atoms with Crippen LogP contribution in [0.4, 0.5) is 0 Å². The monoisotopic (exact) mass is 349 g/mol. The zero-order chi connectivity index (χ0) is 14.7. The van der Waals surface area contributed by atoms with E-state index < -0.39 is 0 Å². The molecule has 0 aliphatic carbocycles. The zero-order valence-corrected chi connectivity index (χ0v) is 13.8. The molecule has 2 rings (SSSR count). The lowest BCUT2D eigenvalue weighted by molar-refractivity contribution is 0.305. The third-order valence-electron chi connectivity index (χ3n) is 3.17. The number of halogens is 1. The Morgan fingerprint density at radius 2 is 1.90 bits per heavy atom. The second-order valence-corrected chi connectivity index (χ2v) is 6.07. The average Bonchev–Trinajstić information content (AvgIpc) is 2.41. The summed E-state index contributed by atoms with van der Waals surface area (Å²) in [6.07, 6.45) is 0. The molecule has 0 fully saturated rings. The molecule has 2 aromatic rings. The van der Waals surface area contributed by atoms with Crippen LogP contribution in [0.15, 0.2) is 40.9 Å². The minimum absolute atomic E-state index is 0.335. The first-order valence-electron chi connectivity index (χ1n) is 6.25. The van der Waals surface area contributed by atoms with Crippen molar-refractivity contribution in [2.45, 2.75) is 20.5 Å². The molecule has 0 saturated heterocycles. The first kappa shape index (κ1) is 15.0. The van der Waals surface area contributed by atoms with E-state index >= 15 is 0 Å². The van der Waals surface area contributed by atoms with Crippen LogP contribution in [-0.2, 0) is 6.61 Å². The van der Waals surface area contributed by atoms with Gasteiger partial charge in [-0.15, -0.1) is 0 Å². The molecule has 0 atom stereocenters. The van der Waals surface area contributed by atoms with Crippen molar-refractivity contribution in [2.75, 3.05) is 0 Å². The molecular formula is C16H16BrNOS. The SMILES string of the molecule is Cc1ccc(COc2ccc(Br)cc2C(N)=S)cc1C. The lowest BCUT2D eigenvalue weighted by Crippen LogP contribution is -2.11. The molecule has 2 aromatic carbocycles. The van der Waals surface area contributed by atoms with Crippen LogP contribution in [0.1, 0.15) is 22.3 Å². The van der Waals surface area contributed by atoms with Crippen molar-refractivity contribution in [1.82, 2.24) is 0 Å². The fraction of sp³-hybridized carbons (Fsp3) is 0.188. The number of hydrogen-bond donors (Lipinski definition) is 1. The highest BCUT2D eigenvalue weighted by Gasteiger charge is 2.08. The van der Waals surface area contributed by atoms with Crippen LogP contribution in [0, 0.1) is 13.8 Å². The van der Waals surface area contributed by atoms with E-state index in [0.29, 0.717) is 17.3 Å². The second-order valence-electron chi connectivity index (χ2n) is 4.71. The summed E-state index contributed by atoms with van der Waals surface area (Å²) in [4.78, 5) is 0.335. The molecule has 0 aliphatic heterocycles. The highest BCUT2D eigenvalue weighted by atomic mass is 79.9. The first-order chi connectivity index (χ1) is 9.47. The number of thiocarbonyl (C=S) groups is 1. The van der Waals surface area contributed by atoms with Crippen LogP contribution in [0.25, 0.3) is 0 Å². The molecule has 0 aliphatic rings. The van der Waals surface area contributed by atoms with Crippen LogP contribution in [0.5, 0.6) is 5.75 Å². The van der Waals surface area contributed by atoms with Crippen LogP contribution in [0.3, 0.4) is 0 Å². The number of benzene rings is 2.